The number of amides is 2. The van der Waals surface area contributed by atoms with E-state index in [2.05, 4.69) is 15.6 Å². The van der Waals surface area contributed by atoms with Crippen molar-refractivity contribution in [2.45, 2.75) is 13.3 Å². The lowest BCUT2D eigenvalue weighted by atomic mass is 10.1. The van der Waals surface area contributed by atoms with E-state index in [1.54, 1.807) is 24.5 Å². The molecule has 2 rings (SSSR count). The number of hydrogen-bond acceptors (Lipinski definition) is 2. The van der Waals surface area contributed by atoms with E-state index in [1.807, 2.05) is 13.0 Å². The van der Waals surface area contributed by atoms with Crippen molar-refractivity contribution < 1.29 is 9.18 Å². The van der Waals surface area contributed by atoms with Gasteiger partial charge in [0.25, 0.3) is 0 Å². The third kappa shape index (κ3) is 4.05. The lowest BCUT2D eigenvalue weighted by molar-refractivity contribution is 0.252. The second-order valence-corrected chi connectivity index (χ2v) is 4.45. The highest BCUT2D eigenvalue weighted by atomic mass is 19.1. The zero-order valence-electron chi connectivity index (χ0n) is 11.2. The summed E-state index contributed by atoms with van der Waals surface area (Å²) in [6.07, 6.45) is 3.89. The first-order valence-electron chi connectivity index (χ1n) is 6.35. The number of nitrogens with zero attached hydrogens (tertiary/aromatic N) is 1. The Labute approximate surface area is 117 Å². The lowest BCUT2D eigenvalue weighted by Gasteiger charge is -2.09. The summed E-state index contributed by atoms with van der Waals surface area (Å²) in [5.41, 5.74) is 2.47. The molecule has 0 radical (unpaired) electrons. The quantitative estimate of drug-likeness (QED) is 0.900. The number of aryl methyl sites for hydroxylation is 1. The predicted molar refractivity (Wildman–Crippen MR) is 76.1 cm³/mol. The number of aromatic nitrogens is 1. The molecular formula is C15H16FN3O. The largest absolute Gasteiger partial charge is 0.338 e. The van der Waals surface area contributed by atoms with Gasteiger partial charge in [-0.3, -0.25) is 4.98 Å². The fourth-order valence-electron chi connectivity index (χ4n) is 1.79. The van der Waals surface area contributed by atoms with Gasteiger partial charge in [-0.15, -0.1) is 0 Å². The van der Waals surface area contributed by atoms with Crippen LogP contribution in [0.15, 0.2) is 42.7 Å². The molecule has 0 spiro atoms. The van der Waals surface area contributed by atoms with E-state index in [-0.39, 0.29) is 11.8 Å². The second-order valence-electron chi connectivity index (χ2n) is 4.45. The van der Waals surface area contributed by atoms with E-state index >= 15 is 0 Å². The van der Waals surface area contributed by atoms with E-state index < -0.39 is 0 Å². The molecule has 104 valence electrons. The lowest BCUT2D eigenvalue weighted by Crippen LogP contribution is -2.30. The first-order valence-corrected chi connectivity index (χ1v) is 6.35. The van der Waals surface area contributed by atoms with Gasteiger partial charge in [0.1, 0.15) is 5.82 Å². The highest BCUT2D eigenvalue weighted by Gasteiger charge is 2.03. The maximum Gasteiger partial charge on any atom is 0.319 e. The summed E-state index contributed by atoms with van der Waals surface area (Å²) in [4.78, 5) is 15.7. The van der Waals surface area contributed by atoms with Gasteiger partial charge in [0, 0.05) is 24.6 Å². The number of rotatable bonds is 4. The highest BCUT2D eigenvalue weighted by molar-refractivity contribution is 5.89. The smallest absolute Gasteiger partial charge is 0.319 e. The Hall–Kier alpha value is -2.43. The van der Waals surface area contributed by atoms with Crippen LogP contribution in [0.1, 0.15) is 11.1 Å². The number of urea groups is 1. The molecule has 0 saturated heterocycles. The zero-order valence-corrected chi connectivity index (χ0v) is 11.2. The van der Waals surface area contributed by atoms with Gasteiger partial charge in [-0.1, -0.05) is 12.1 Å². The monoisotopic (exact) mass is 273 g/mol. The van der Waals surface area contributed by atoms with Crippen LogP contribution in [0.2, 0.25) is 0 Å². The number of pyridine rings is 1. The summed E-state index contributed by atoms with van der Waals surface area (Å²) in [6.45, 7) is 2.31. The Kier molecular flexibility index (Phi) is 4.65. The molecular weight excluding hydrogens is 257 g/mol. The molecule has 2 N–H and O–H groups in total. The average molecular weight is 273 g/mol. The van der Waals surface area contributed by atoms with E-state index in [0.717, 1.165) is 16.8 Å². The Morgan fingerprint density at radius 1 is 1.35 bits per heavy atom. The molecule has 0 fully saturated rings. The van der Waals surface area contributed by atoms with Crippen LogP contribution in [0, 0.1) is 12.7 Å². The van der Waals surface area contributed by atoms with Crippen LogP contribution in [-0.4, -0.2) is 17.6 Å². The summed E-state index contributed by atoms with van der Waals surface area (Å²) in [7, 11) is 0. The topological polar surface area (TPSA) is 54.0 Å². The molecule has 4 nitrogen and oxygen atoms in total. The molecule has 2 amide bonds. The minimum Gasteiger partial charge on any atom is -0.338 e. The first-order chi connectivity index (χ1) is 9.65. The van der Waals surface area contributed by atoms with Crippen LogP contribution in [0.3, 0.4) is 0 Å². The number of carbonyl (C=O) groups is 1. The summed E-state index contributed by atoms with van der Waals surface area (Å²) >= 11 is 0. The van der Waals surface area contributed by atoms with Gasteiger partial charge in [0.2, 0.25) is 0 Å². The van der Waals surface area contributed by atoms with Gasteiger partial charge in [-0.2, -0.15) is 0 Å². The first kappa shape index (κ1) is 14.0. The maximum atomic E-state index is 13.0. The fraction of sp³-hybridized carbons (Fsp3) is 0.200. The number of benzene rings is 1. The van der Waals surface area contributed by atoms with Crippen LogP contribution in [0.4, 0.5) is 14.9 Å². The third-order valence-corrected chi connectivity index (χ3v) is 2.86. The van der Waals surface area contributed by atoms with Crippen LogP contribution in [-0.2, 0) is 6.42 Å². The molecule has 0 bridgehead atoms. The molecule has 0 aliphatic heterocycles. The van der Waals surface area contributed by atoms with Gasteiger partial charge in [0.15, 0.2) is 0 Å². The molecule has 0 unspecified atom stereocenters. The molecule has 0 saturated carbocycles. The predicted octanol–water partition coefficient (Wildman–Crippen LogP) is 2.89. The standard InChI is InChI=1S/C15H16FN3O/c1-11-10-17-7-6-14(11)19-15(20)18-8-5-12-3-2-4-13(16)9-12/h2-4,6-7,9-10H,5,8H2,1H3,(H2,17,18,19,20). The van der Waals surface area contributed by atoms with Crippen molar-refractivity contribution in [3.63, 3.8) is 0 Å². The minimum atomic E-state index is -0.282. The van der Waals surface area contributed by atoms with Crippen LogP contribution >= 0.6 is 0 Å². The Morgan fingerprint density at radius 3 is 2.95 bits per heavy atom. The van der Waals surface area contributed by atoms with Crippen molar-refractivity contribution in [2.24, 2.45) is 0 Å². The highest BCUT2D eigenvalue weighted by Crippen LogP contribution is 2.11. The van der Waals surface area contributed by atoms with Gasteiger partial charge in [-0.25, -0.2) is 9.18 Å². The normalized spacial score (nSPS) is 10.1. The number of carbonyl (C=O) groups excluding carboxylic acids is 1. The molecule has 1 heterocycles. The maximum absolute atomic E-state index is 13.0. The summed E-state index contributed by atoms with van der Waals surface area (Å²) in [5.74, 6) is -0.264. The Balaban J connectivity index is 1.80. The summed E-state index contributed by atoms with van der Waals surface area (Å²) < 4.78 is 13.0. The molecule has 2 aromatic rings. The van der Waals surface area contributed by atoms with Crippen LogP contribution in [0.5, 0.6) is 0 Å². The van der Waals surface area contributed by atoms with E-state index in [4.69, 9.17) is 0 Å². The van der Waals surface area contributed by atoms with Crippen molar-refractivity contribution >= 4 is 11.7 Å². The Bertz CT molecular complexity index is 601. The van der Waals surface area contributed by atoms with E-state index in [9.17, 15) is 9.18 Å². The SMILES string of the molecule is Cc1cnccc1NC(=O)NCCc1cccc(F)c1. The van der Waals surface area contributed by atoms with Crippen LogP contribution in [0.25, 0.3) is 0 Å². The molecule has 5 heteroatoms. The number of anilines is 1. The Morgan fingerprint density at radius 2 is 2.20 bits per heavy atom. The number of nitrogens with one attached hydrogen (secondary N) is 2. The molecule has 0 aliphatic carbocycles. The third-order valence-electron chi connectivity index (χ3n) is 2.86. The molecule has 0 atom stereocenters. The van der Waals surface area contributed by atoms with Crippen molar-refractivity contribution in [1.82, 2.24) is 10.3 Å². The molecule has 1 aromatic heterocycles. The van der Waals surface area contributed by atoms with Crippen molar-refractivity contribution in [3.8, 4) is 0 Å². The van der Waals surface area contributed by atoms with E-state index in [1.165, 1.54) is 12.1 Å². The van der Waals surface area contributed by atoms with Crippen LogP contribution < -0.4 is 10.6 Å². The van der Waals surface area contributed by atoms with Gasteiger partial charge in [0.05, 0.1) is 0 Å². The van der Waals surface area contributed by atoms with E-state index in [0.29, 0.717) is 13.0 Å². The van der Waals surface area contributed by atoms with Gasteiger partial charge < -0.3 is 10.6 Å². The van der Waals surface area contributed by atoms with Gasteiger partial charge in [-0.05, 0) is 42.7 Å². The average Bonchev–Trinajstić information content (AvgIpc) is 2.41. The fourth-order valence-corrected chi connectivity index (χ4v) is 1.79. The second kappa shape index (κ2) is 6.65. The minimum absolute atomic E-state index is 0.264. The molecule has 1 aromatic carbocycles. The summed E-state index contributed by atoms with van der Waals surface area (Å²) in [6, 6.07) is 7.81. The van der Waals surface area contributed by atoms with Crippen molar-refractivity contribution in [1.29, 1.82) is 0 Å². The van der Waals surface area contributed by atoms with Crippen molar-refractivity contribution in [2.75, 3.05) is 11.9 Å². The van der Waals surface area contributed by atoms with Gasteiger partial charge >= 0.3 is 6.03 Å². The molecule has 0 aliphatic rings. The number of hydrogen-bond donors (Lipinski definition) is 2. The number of halogens is 1. The molecule has 20 heavy (non-hydrogen) atoms. The van der Waals surface area contributed by atoms with Crippen molar-refractivity contribution in [3.05, 3.63) is 59.7 Å². The zero-order chi connectivity index (χ0) is 14.4. The summed E-state index contributed by atoms with van der Waals surface area (Å²) in [5, 5.41) is 5.48.